The summed E-state index contributed by atoms with van der Waals surface area (Å²) in [5.74, 6) is -0.282. The van der Waals surface area contributed by atoms with Crippen molar-refractivity contribution in [1.82, 2.24) is 4.98 Å². The average molecular weight is 308 g/mol. The Labute approximate surface area is 124 Å². The summed E-state index contributed by atoms with van der Waals surface area (Å²) < 4.78 is 5.01. The number of benzene rings is 1. The molecule has 7 nitrogen and oxygen atoms in total. The van der Waals surface area contributed by atoms with E-state index >= 15 is 0 Å². The number of amides is 1. The highest BCUT2D eigenvalue weighted by Gasteiger charge is 2.17. The summed E-state index contributed by atoms with van der Waals surface area (Å²) in [5.41, 5.74) is 0.141. The van der Waals surface area contributed by atoms with Gasteiger partial charge < -0.3 is 10.1 Å². The fraction of sp³-hybridized carbons (Fsp3) is 0.0769. The van der Waals surface area contributed by atoms with Gasteiger partial charge in [0.2, 0.25) is 5.88 Å². The number of ether oxygens (including phenoxy) is 1. The van der Waals surface area contributed by atoms with E-state index in [2.05, 4.69) is 10.3 Å². The van der Waals surface area contributed by atoms with Crippen LogP contribution in [-0.2, 0) is 0 Å². The number of anilines is 1. The third-order valence-corrected chi connectivity index (χ3v) is 2.94. The molecule has 8 heteroatoms. The van der Waals surface area contributed by atoms with Gasteiger partial charge >= 0.3 is 0 Å². The molecule has 0 radical (unpaired) electrons. The number of nitrogens with one attached hydrogen (secondary N) is 1. The van der Waals surface area contributed by atoms with E-state index in [0.29, 0.717) is 5.69 Å². The molecule has 0 fully saturated rings. The molecule has 2 aromatic rings. The lowest BCUT2D eigenvalue weighted by Crippen LogP contribution is -2.13. The van der Waals surface area contributed by atoms with Gasteiger partial charge in [-0.15, -0.1) is 0 Å². The maximum atomic E-state index is 12.1. The number of pyridine rings is 1. The number of hydrogen-bond acceptors (Lipinski definition) is 5. The van der Waals surface area contributed by atoms with Crippen molar-refractivity contribution in [1.29, 1.82) is 0 Å². The highest BCUT2D eigenvalue weighted by molar-refractivity contribution is 6.32. The number of carbonyl (C=O) groups is 1. The van der Waals surface area contributed by atoms with Gasteiger partial charge in [-0.3, -0.25) is 14.9 Å². The monoisotopic (exact) mass is 307 g/mol. The normalized spacial score (nSPS) is 10.0. The van der Waals surface area contributed by atoms with E-state index in [1.54, 1.807) is 12.1 Å². The molecule has 1 aromatic carbocycles. The van der Waals surface area contributed by atoms with Gasteiger partial charge in [0.25, 0.3) is 11.6 Å². The maximum absolute atomic E-state index is 12.1. The van der Waals surface area contributed by atoms with Gasteiger partial charge in [0.1, 0.15) is 10.7 Å². The zero-order valence-electron chi connectivity index (χ0n) is 10.9. The van der Waals surface area contributed by atoms with Crippen LogP contribution in [0.2, 0.25) is 5.02 Å². The Hall–Kier alpha value is -2.67. The summed E-state index contributed by atoms with van der Waals surface area (Å²) in [6.07, 6.45) is 1.52. The number of carbonyl (C=O) groups excluding carboxylic acids is 1. The summed E-state index contributed by atoms with van der Waals surface area (Å²) in [5, 5.41) is 13.4. The lowest BCUT2D eigenvalue weighted by molar-refractivity contribution is -0.384. The molecule has 1 amide bonds. The highest BCUT2D eigenvalue weighted by Crippen LogP contribution is 2.26. The van der Waals surface area contributed by atoms with Crippen LogP contribution in [0.1, 0.15) is 10.4 Å². The van der Waals surface area contributed by atoms with Crippen molar-refractivity contribution < 1.29 is 14.5 Å². The summed E-state index contributed by atoms with van der Waals surface area (Å²) in [6, 6.07) is 7.04. The van der Waals surface area contributed by atoms with Gasteiger partial charge in [-0.1, -0.05) is 11.6 Å². The van der Waals surface area contributed by atoms with Crippen molar-refractivity contribution in [2.45, 2.75) is 0 Å². The quantitative estimate of drug-likeness (QED) is 0.692. The number of hydrogen-bond donors (Lipinski definition) is 1. The number of nitro groups is 1. The first-order chi connectivity index (χ1) is 10.0. The van der Waals surface area contributed by atoms with Gasteiger partial charge in [0, 0.05) is 17.8 Å². The molecule has 0 bridgehead atoms. The molecule has 21 heavy (non-hydrogen) atoms. The van der Waals surface area contributed by atoms with Crippen LogP contribution in [-0.4, -0.2) is 22.9 Å². The van der Waals surface area contributed by atoms with Crippen molar-refractivity contribution in [2.24, 2.45) is 0 Å². The van der Waals surface area contributed by atoms with E-state index in [-0.39, 0.29) is 22.2 Å². The summed E-state index contributed by atoms with van der Waals surface area (Å²) in [7, 11) is 1.42. The third-order valence-electron chi connectivity index (χ3n) is 2.62. The molecule has 1 aromatic heterocycles. The van der Waals surface area contributed by atoms with Crippen LogP contribution < -0.4 is 10.1 Å². The van der Waals surface area contributed by atoms with Crippen molar-refractivity contribution in [3.8, 4) is 5.88 Å². The van der Waals surface area contributed by atoms with Crippen LogP contribution in [0.15, 0.2) is 36.5 Å². The van der Waals surface area contributed by atoms with Crippen LogP contribution in [0.5, 0.6) is 5.88 Å². The Bertz CT molecular complexity index is 706. The zero-order valence-corrected chi connectivity index (χ0v) is 11.6. The fourth-order valence-electron chi connectivity index (χ4n) is 1.64. The first kappa shape index (κ1) is 14.7. The molecule has 2 rings (SSSR count). The van der Waals surface area contributed by atoms with Gasteiger partial charge in [0.05, 0.1) is 12.0 Å². The number of nitrogens with zero attached hydrogens (tertiary/aromatic N) is 2. The first-order valence-electron chi connectivity index (χ1n) is 5.77. The van der Waals surface area contributed by atoms with Crippen LogP contribution >= 0.6 is 11.6 Å². The Morgan fingerprint density at radius 2 is 2.19 bits per heavy atom. The van der Waals surface area contributed by atoms with Crippen molar-refractivity contribution in [2.75, 3.05) is 12.4 Å². The van der Waals surface area contributed by atoms with Crippen LogP contribution in [0, 0.1) is 10.1 Å². The molecule has 0 aliphatic rings. The summed E-state index contributed by atoms with van der Waals surface area (Å²) >= 11 is 5.70. The second-order valence-corrected chi connectivity index (χ2v) is 4.34. The van der Waals surface area contributed by atoms with Crippen molar-refractivity contribution >= 4 is 28.9 Å². The second kappa shape index (κ2) is 6.19. The van der Waals surface area contributed by atoms with Crippen LogP contribution in [0.4, 0.5) is 11.4 Å². The molecular weight excluding hydrogens is 298 g/mol. The topological polar surface area (TPSA) is 94.4 Å². The van der Waals surface area contributed by atoms with E-state index in [1.807, 2.05) is 0 Å². The first-order valence-corrected chi connectivity index (χ1v) is 6.15. The predicted molar refractivity (Wildman–Crippen MR) is 76.8 cm³/mol. The molecule has 0 aliphatic carbocycles. The maximum Gasteiger partial charge on any atom is 0.288 e. The number of halogens is 1. The van der Waals surface area contributed by atoms with Crippen LogP contribution in [0.3, 0.4) is 0 Å². The third kappa shape index (κ3) is 3.26. The van der Waals surface area contributed by atoms with Gasteiger partial charge in [0.15, 0.2) is 0 Å². The Balaban J connectivity index is 2.29. The number of rotatable bonds is 4. The molecule has 1 heterocycles. The zero-order chi connectivity index (χ0) is 15.4. The molecule has 108 valence electrons. The standard InChI is InChI=1S/C13H10ClN3O4/c1-21-13-10(3-2-6-15-13)16-12(18)8-4-5-9(14)11(7-8)17(19)20/h2-7H,1H3,(H,16,18). The number of nitro benzene ring substituents is 1. The molecular formula is C13H10ClN3O4. The fourth-order valence-corrected chi connectivity index (χ4v) is 1.82. The SMILES string of the molecule is COc1ncccc1NC(=O)c1ccc(Cl)c([N+](=O)[O-])c1. The minimum absolute atomic E-state index is 0.0319. The number of aromatic nitrogens is 1. The van der Waals surface area contributed by atoms with E-state index in [0.717, 1.165) is 6.07 Å². The smallest absolute Gasteiger partial charge is 0.288 e. The Kier molecular flexibility index (Phi) is 4.34. The molecule has 0 saturated heterocycles. The lowest BCUT2D eigenvalue weighted by atomic mass is 10.2. The average Bonchev–Trinajstić information content (AvgIpc) is 2.47. The summed E-state index contributed by atoms with van der Waals surface area (Å²) in [4.78, 5) is 26.2. The van der Waals surface area contributed by atoms with Crippen molar-refractivity contribution in [3.63, 3.8) is 0 Å². The second-order valence-electron chi connectivity index (χ2n) is 3.94. The largest absolute Gasteiger partial charge is 0.480 e. The van der Waals surface area contributed by atoms with Gasteiger partial charge in [-0.05, 0) is 24.3 Å². The minimum Gasteiger partial charge on any atom is -0.480 e. The Morgan fingerprint density at radius 1 is 1.43 bits per heavy atom. The molecule has 0 aliphatic heterocycles. The van der Waals surface area contributed by atoms with Crippen molar-refractivity contribution in [3.05, 3.63) is 57.2 Å². The molecule has 1 N–H and O–H groups in total. The van der Waals surface area contributed by atoms with E-state index in [1.165, 1.54) is 25.4 Å². The predicted octanol–water partition coefficient (Wildman–Crippen LogP) is 2.90. The molecule has 0 atom stereocenters. The van der Waals surface area contributed by atoms with E-state index in [4.69, 9.17) is 16.3 Å². The minimum atomic E-state index is -0.649. The van der Waals surface area contributed by atoms with Crippen LogP contribution in [0.25, 0.3) is 0 Å². The molecule has 0 spiro atoms. The highest BCUT2D eigenvalue weighted by atomic mass is 35.5. The van der Waals surface area contributed by atoms with Gasteiger partial charge in [-0.2, -0.15) is 0 Å². The lowest BCUT2D eigenvalue weighted by Gasteiger charge is -2.08. The molecule has 0 saturated carbocycles. The summed E-state index contributed by atoms with van der Waals surface area (Å²) in [6.45, 7) is 0. The van der Waals surface area contributed by atoms with Gasteiger partial charge in [-0.25, -0.2) is 4.98 Å². The number of methoxy groups -OCH3 is 1. The van der Waals surface area contributed by atoms with E-state index < -0.39 is 10.8 Å². The van der Waals surface area contributed by atoms with E-state index in [9.17, 15) is 14.9 Å². The molecule has 0 unspecified atom stereocenters. The Morgan fingerprint density at radius 3 is 2.86 bits per heavy atom.